The fraction of sp³-hybridized carbons (Fsp3) is 0.111. The average molecular weight is 322 g/mol. The number of benzene rings is 2. The van der Waals surface area contributed by atoms with Crippen molar-refractivity contribution in [2.24, 2.45) is 0 Å². The lowest BCUT2D eigenvalue weighted by Crippen LogP contribution is -1.96. The molecule has 2 rings (SSSR count). The number of phenols is 3. The fourth-order valence-electron chi connectivity index (χ4n) is 2.06. The first kappa shape index (κ1) is 16.7. The summed E-state index contributed by atoms with van der Waals surface area (Å²) in [6, 6.07) is 11.4. The molecule has 0 radical (unpaired) electrons. The Hall–Kier alpha value is -3.64. The zero-order valence-electron chi connectivity index (χ0n) is 12.8. The van der Waals surface area contributed by atoms with Crippen LogP contribution < -0.4 is 4.74 Å². The van der Waals surface area contributed by atoms with Crippen molar-refractivity contribution in [2.75, 3.05) is 0 Å². The van der Waals surface area contributed by atoms with Gasteiger partial charge in [0.15, 0.2) is 11.5 Å². The first-order valence-corrected chi connectivity index (χ1v) is 6.93. The van der Waals surface area contributed by atoms with E-state index in [0.29, 0.717) is 0 Å². The molecule has 0 amide bonds. The summed E-state index contributed by atoms with van der Waals surface area (Å²) in [5, 5.41) is 45.7. The Kier molecular flexibility index (Phi) is 4.93. The molecular weight excluding hydrogens is 308 g/mol. The second kappa shape index (κ2) is 7.08. The highest BCUT2D eigenvalue weighted by molar-refractivity contribution is 5.64. The molecule has 24 heavy (non-hydrogen) atoms. The van der Waals surface area contributed by atoms with Crippen LogP contribution in [-0.2, 0) is 6.61 Å². The van der Waals surface area contributed by atoms with E-state index in [1.165, 1.54) is 18.2 Å². The van der Waals surface area contributed by atoms with Crippen LogP contribution in [0, 0.1) is 29.6 Å². The Morgan fingerprint density at radius 2 is 1.71 bits per heavy atom. The van der Waals surface area contributed by atoms with Crippen molar-refractivity contribution in [2.45, 2.75) is 13.5 Å². The molecule has 3 N–H and O–H groups in total. The first-order valence-electron chi connectivity index (χ1n) is 6.93. The van der Waals surface area contributed by atoms with Crippen molar-refractivity contribution < 1.29 is 20.1 Å². The highest BCUT2D eigenvalue weighted by Crippen LogP contribution is 2.38. The summed E-state index contributed by atoms with van der Waals surface area (Å²) >= 11 is 0. The number of phenolic OH excluding ortho intramolecular Hbond substituents is 3. The lowest BCUT2D eigenvalue weighted by molar-refractivity contribution is 0.298. The predicted molar refractivity (Wildman–Crippen MR) is 86.2 cm³/mol. The number of rotatable bonds is 4. The van der Waals surface area contributed by atoms with Crippen LogP contribution in [0.4, 0.5) is 0 Å². The van der Waals surface area contributed by atoms with Gasteiger partial charge < -0.3 is 20.1 Å². The number of aryl methyl sites for hydroxylation is 1. The fourth-order valence-corrected chi connectivity index (χ4v) is 2.06. The molecule has 120 valence electrons. The van der Waals surface area contributed by atoms with E-state index < -0.39 is 17.2 Å². The molecule has 0 heterocycles. The standard InChI is InChI=1S/C18H14N2O4/c1-11-4-12(2-3-14(11)5-13(8-19)9-20)10-24-15-6-16(21)18(23)17(22)7-15/h2-7,21-23H,10H2,1H3. The summed E-state index contributed by atoms with van der Waals surface area (Å²) in [7, 11) is 0. The number of nitriles is 2. The van der Waals surface area contributed by atoms with Crippen molar-refractivity contribution >= 4 is 6.08 Å². The highest BCUT2D eigenvalue weighted by atomic mass is 16.5. The van der Waals surface area contributed by atoms with E-state index in [2.05, 4.69) is 0 Å². The molecule has 0 spiro atoms. The Morgan fingerprint density at radius 3 is 2.25 bits per heavy atom. The van der Waals surface area contributed by atoms with E-state index in [1.807, 2.05) is 25.1 Å². The summed E-state index contributed by atoms with van der Waals surface area (Å²) in [6.45, 7) is 2.03. The zero-order chi connectivity index (χ0) is 17.7. The number of nitrogens with zero attached hydrogens (tertiary/aromatic N) is 2. The average Bonchev–Trinajstić information content (AvgIpc) is 2.57. The monoisotopic (exact) mass is 322 g/mol. The van der Waals surface area contributed by atoms with Gasteiger partial charge in [0.05, 0.1) is 0 Å². The van der Waals surface area contributed by atoms with Crippen LogP contribution in [0.5, 0.6) is 23.0 Å². The Labute approximate surface area is 138 Å². The molecule has 0 aliphatic heterocycles. The highest BCUT2D eigenvalue weighted by Gasteiger charge is 2.09. The number of ether oxygens (including phenoxy) is 1. The molecule has 6 heteroatoms. The van der Waals surface area contributed by atoms with Crippen LogP contribution >= 0.6 is 0 Å². The molecule has 0 aromatic heterocycles. The van der Waals surface area contributed by atoms with Gasteiger partial charge >= 0.3 is 0 Å². The lowest BCUT2D eigenvalue weighted by atomic mass is 10.0. The van der Waals surface area contributed by atoms with Crippen LogP contribution in [0.2, 0.25) is 0 Å². The van der Waals surface area contributed by atoms with Gasteiger partial charge in [-0.25, -0.2) is 0 Å². The van der Waals surface area contributed by atoms with Crippen molar-refractivity contribution in [3.8, 4) is 35.1 Å². The molecule has 0 unspecified atom stereocenters. The summed E-state index contributed by atoms with van der Waals surface area (Å²) in [5.41, 5.74) is 2.48. The van der Waals surface area contributed by atoms with Crippen LogP contribution in [0.1, 0.15) is 16.7 Å². The maximum atomic E-state index is 9.44. The van der Waals surface area contributed by atoms with Gasteiger partial charge in [-0.05, 0) is 29.7 Å². The second-order valence-corrected chi connectivity index (χ2v) is 5.07. The van der Waals surface area contributed by atoms with Gasteiger partial charge in [-0.1, -0.05) is 18.2 Å². The minimum absolute atomic E-state index is 0.0251. The Bertz CT molecular complexity index is 850. The third-order valence-electron chi connectivity index (χ3n) is 3.32. The quantitative estimate of drug-likeness (QED) is 0.588. The van der Waals surface area contributed by atoms with E-state index in [-0.39, 0.29) is 17.9 Å². The molecule has 0 fully saturated rings. The molecule has 2 aromatic carbocycles. The van der Waals surface area contributed by atoms with Crippen molar-refractivity contribution in [1.82, 2.24) is 0 Å². The van der Waals surface area contributed by atoms with E-state index in [9.17, 15) is 15.3 Å². The SMILES string of the molecule is Cc1cc(COc2cc(O)c(O)c(O)c2)ccc1C=C(C#N)C#N. The molecule has 0 saturated carbocycles. The van der Waals surface area contributed by atoms with Gasteiger partial charge in [-0.3, -0.25) is 0 Å². The molecule has 0 aliphatic carbocycles. The molecule has 0 saturated heterocycles. The Balaban J connectivity index is 2.15. The number of aromatic hydroxyl groups is 3. The molecule has 0 atom stereocenters. The van der Waals surface area contributed by atoms with Gasteiger partial charge in [-0.15, -0.1) is 0 Å². The molecule has 0 aliphatic rings. The van der Waals surface area contributed by atoms with Crippen LogP contribution in [0.3, 0.4) is 0 Å². The van der Waals surface area contributed by atoms with Gasteiger partial charge in [0.2, 0.25) is 5.75 Å². The second-order valence-electron chi connectivity index (χ2n) is 5.07. The van der Waals surface area contributed by atoms with Crippen molar-refractivity contribution in [1.29, 1.82) is 10.5 Å². The van der Waals surface area contributed by atoms with Gasteiger partial charge in [0.25, 0.3) is 0 Å². The maximum Gasteiger partial charge on any atom is 0.200 e. The topological polar surface area (TPSA) is 118 Å². The van der Waals surface area contributed by atoms with Crippen molar-refractivity contribution in [3.05, 3.63) is 52.6 Å². The normalized spacial score (nSPS) is 9.62. The molecular formula is C18H14N2O4. The van der Waals surface area contributed by atoms with E-state index in [1.54, 1.807) is 12.1 Å². The Morgan fingerprint density at radius 1 is 1.08 bits per heavy atom. The molecule has 2 aromatic rings. The van der Waals surface area contributed by atoms with Crippen LogP contribution in [-0.4, -0.2) is 15.3 Å². The van der Waals surface area contributed by atoms with Crippen LogP contribution in [0.25, 0.3) is 6.08 Å². The van der Waals surface area contributed by atoms with Crippen molar-refractivity contribution in [3.63, 3.8) is 0 Å². The van der Waals surface area contributed by atoms with Gasteiger partial charge in [-0.2, -0.15) is 10.5 Å². The minimum atomic E-state index is -0.597. The van der Waals surface area contributed by atoms with Gasteiger partial charge in [0, 0.05) is 12.1 Å². The lowest BCUT2D eigenvalue weighted by Gasteiger charge is -2.10. The maximum absolute atomic E-state index is 9.44. The number of hydrogen-bond acceptors (Lipinski definition) is 6. The van der Waals surface area contributed by atoms with E-state index in [0.717, 1.165) is 16.7 Å². The zero-order valence-corrected chi connectivity index (χ0v) is 12.8. The number of allylic oxidation sites excluding steroid dienone is 1. The third kappa shape index (κ3) is 3.76. The smallest absolute Gasteiger partial charge is 0.200 e. The summed E-state index contributed by atoms with van der Waals surface area (Å²) in [5.74, 6) is -1.33. The van der Waals surface area contributed by atoms with Crippen LogP contribution in [0.15, 0.2) is 35.9 Å². The van der Waals surface area contributed by atoms with E-state index >= 15 is 0 Å². The minimum Gasteiger partial charge on any atom is -0.504 e. The predicted octanol–water partition coefficient (Wildman–Crippen LogP) is 3.12. The summed E-state index contributed by atoms with van der Waals surface area (Å²) in [6.07, 6.45) is 1.51. The molecule has 0 bridgehead atoms. The third-order valence-corrected chi connectivity index (χ3v) is 3.32. The van der Waals surface area contributed by atoms with E-state index in [4.69, 9.17) is 15.3 Å². The first-order chi connectivity index (χ1) is 11.4. The largest absolute Gasteiger partial charge is 0.504 e. The molecule has 6 nitrogen and oxygen atoms in total. The summed E-state index contributed by atoms with van der Waals surface area (Å²) < 4.78 is 5.48. The number of hydrogen-bond donors (Lipinski definition) is 3. The summed E-state index contributed by atoms with van der Waals surface area (Å²) in [4.78, 5) is 0. The van der Waals surface area contributed by atoms with Gasteiger partial charge in [0.1, 0.15) is 30.1 Å².